The van der Waals surface area contributed by atoms with Crippen LogP contribution in [0.1, 0.15) is 5.56 Å². The average molecular weight is 345 g/mol. The molecular weight excluding hydrogens is 328 g/mol. The summed E-state index contributed by atoms with van der Waals surface area (Å²) in [7, 11) is 1.56. The van der Waals surface area contributed by atoms with Gasteiger partial charge in [-0.3, -0.25) is 14.7 Å². The first kappa shape index (κ1) is 16.3. The average Bonchev–Trinajstić information content (AvgIpc) is 3.09. The maximum absolute atomic E-state index is 12.5. The second-order valence-electron chi connectivity index (χ2n) is 5.20. The Morgan fingerprint density at radius 2 is 2.00 bits per heavy atom. The van der Waals surface area contributed by atoms with Crippen LogP contribution in [0, 0.1) is 0 Å². The van der Waals surface area contributed by atoms with E-state index in [1.54, 1.807) is 36.3 Å². The molecule has 3 rings (SSSR count). The van der Waals surface area contributed by atoms with Gasteiger partial charge in [0.2, 0.25) is 0 Å². The summed E-state index contributed by atoms with van der Waals surface area (Å²) in [6.45, 7) is 1.03. The zero-order valence-electron chi connectivity index (χ0n) is 13.2. The highest BCUT2D eigenvalue weighted by Gasteiger charge is 2.25. The van der Waals surface area contributed by atoms with Gasteiger partial charge in [-0.1, -0.05) is 35.9 Å². The van der Waals surface area contributed by atoms with E-state index < -0.39 is 0 Å². The molecule has 0 unspecified atom stereocenters. The summed E-state index contributed by atoms with van der Waals surface area (Å²) < 4.78 is 10.8. The van der Waals surface area contributed by atoms with Crippen LogP contribution in [-0.2, 0) is 4.79 Å². The molecule has 24 heavy (non-hydrogen) atoms. The Hall–Kier alpha value is -2.53. The number of para-hydroxylation sites is 2. The highest BCUT2D eigenvalue weighted by atomic mass is 35.5. The minimum absolute atomic E-state index is 0.0834. The van der Waals surface area contributed by atoms with E-state index in [4.69, 9.17) is 21.1 Å². The summed E-state index contributed by atoms with van der Waals surface area (Å²) in [5, 5.41) is 0.611. The quantitative estimate of drug-likeness (QED) is 0.837. The minimum atomic E-state index is -0.155. The van der Waals surface area contributed by atoms with Crippen LogP contribution in [0.3, 0.4) is 0 Å². The van der Waals surface area contributed by atoms with Crippen LogP contribution >= 0.6 is 11.6 Å². The second kappa shape index (κ2) is 7.36. The Balaban J connectivity index is 1.70. The molecule has 5 nitrogen and oxygen atoms in total. The van der Waals surface area contributed by atoms with Crippen molar-refractivity contribution < 1.29 is 14.3 Å². The van der Waals surface area contributed by atoms with Crippen molar-refractivity contribution in [3.05, 3.63) is 59.1 Å². The molecular formula is C18H17ClN2O3. The predicted octanol–water partition coefficient (Wildman–Crippen LogP) is 3.02. The topological polar surface area (TPSA) is 51.1 Å². The number of carbonyl (C=O) groups excluding carboxylic acids is 1. The van der Waals surface area contributed by atoms with Gasteiger partial charge in [-0.2, -0.15) is 0 Å². The molecule has 0 spiro atoms. The third kappa shape index (κ3) is 3.51. The number of nitrogens with zero attached hydrogens (tertiary/aromatic N) is 2. The lowest BCUT2D eigenvalue weighted by atomic mass is 10.2. The number of rotatable bonds is 5. The van der Waals surface area contributed by atoms with Crippen LogP contribution in [0.15, 0.2) is 53.5 Å². The van der Waals surface area contributed by atoms with Crippen LogP contribution in [0.25, 0.3) is 0 Å². The van der Waals surface area contributed by atoms with Gasteiger partial charge in [-0.25, -0.2) is 0 Å². The van der Waals surface area contributed by atoms with Gasteiger partial charge < -0.3 is 9.47 Å². The lowest BCUT2D eigenvalue weighted by Crippen LogP contribution is -2.38. The van der Waals surface area contributed by atoms with E-state index in [1.165, 1.54) is 0 Å². The van der Waals surface area contributed by atoms with E-state index in [1.807, 2.05) is 24.3 Å². The number of hydrogen-bond donors (Lipinski definition) is 0. The summed E-state index contributed by atoms with van der Waals surface area (Å²) in [5.74, 6) is 1.60. The molecule has 0 bridgehead atoms. The molecule has 0 saturated carbocycles. The van der Waals surface area contributed by atoms with Gasteiger partial charge in [0.15, 0.2) is 18.1 Å². The summed E-state index contributed by atoms with van der Waals surface area (Å²) in [4.78, 5) is 18.6. The van der Waals surface area contributed by atoms with Crippen molar-refractivity contribution in [1.82, 2.24) is 4.90 Å². The van der Waals surface area contributed by atoms with E-state index in [9.17, 15) is 4.79 Å². The summed E-state index contributed by atoms with van der Waals surface area (Å²) in [6.07, 6.45) is 0. The predicted molar refractivity (Wildman–Crippen MR) is 93.1 cm³/mol. The Labute approximate surface area is 145 Å². The largest absolute Gasteiger partial charge is 0.493 e. The Bertz CT molecular complexity index is 776. The number of amides is 1. The molecule has 0 aliphatic carbocycles. The smallest absolute Gasteiger partial charge is 0.266 e. The molecule has 1 heterocycles. The highest BCUT2D eigenvalue weighted by molar-refractivity contribution is 6.31. The molecule has 0 N–H and O–H groups in total. The van der Waals surface area contributed by atoms with Crippen LogP contribution in [0.5, 0.6) is 11.5 Å². The molecule has 0 fully saturated rings. The lowest BCUT2D eigenvalue weighted by molar-refractivity contribution is -0.129. The maximum atomic E-state index is 12.5. The molecule has 2 aromatic carbocycles. The van der Waals surface area contributed by atoms with Crippen molar-refractivity contribution in [2.45, 2.75) is 0 Å². The number of benzene rings is 2. The Kier molecular flexibility index (Phi) is 5.01. The monoisotopic (exact) mass is 344 g/mol. The zero-order chi connectivity index (χ0) is 16.9. The first-order valence-corrected chi connectivity index (χ1v) is 7.93. The van der Waals surface area contributed by atoms with Crippen molar-refractivity contribution in [2.75, 3.05) is 26.8 Å². The molecule has 6 heteroatoms. The standard InChI is InChI=1S/C18H17ClN2O3/c1-23-15-7-2-3-8-16(15)24-12-17(22)21-10-9-20-18(21)13-5-4-6-14(19)11-13/h2-8,11H,9-10,12H2,1H3. The fourth-order valence-corrected chi connectivity index (χ4v) is 2.71. The zero-order valence-corrected chi connectivity index (χ0v) is 14.0. The van der Waals surface area contributed by atoms with E-state index in [-0.39, 0.29) is 12.5 Å². The van der Waals surface area contributed by atoms with E-state index in [0.29, 0.717) is 35.4 Å². The van der Waals surface area contributed by atoms with E-state index in [2.05, 4.69) is 4.99 Å². The fourth-order valence-electron chi connectivity index (χ4n) is 2.52. The third-order valence-corrected chi connectivity index (χ3v) is 3.88. The van der Waals surface area contributed by atoms with Crippen molar-refractivity contribution in [2.24, 2.45) is 4.99 Å². The normalized spacial score (nSPS) is 13.6. The van der Waals surface area contributed by atoms with Gasteiger partial charge in [0.05, 0.1) is 13.7 Å². The van der Waals surface area contributed by atoms with Crippen molar-refractivity contribution in [3.8, 4) is 11.5 Å². The number of aliphatic imine (C=N–C) groups is 1. The Morgan fingerprint density at radius 3 is 2.75 bits per heavy atom. The van der Waals surface area contributed by atoms with Gasteiger partial charge in [0.25, 0.3) is 5.91 Å². The summed E-state index contributed by atoms with van der Waals surface area (Å²) >= 11 is 6.03. The number of methoxy groups -OCH3 is 1. The van der Waals surface area contributed by atoms with Crippen LogP contribution in [-0.4, -0.2) is 43.4 Å². The molecule has 0 aromatic heterocycles. The number of ether oxygens (including phenoxy) is 2. The first-order valence-electron chi connectivity index (χ1n) is 7.55. The number of hydrogen-bond acceptors (Lipinski definition) is 4. The van der Waals surface area contributed by atoms with Crippen molar-refractivity contribution in [3.63, 3.8) is 0 Å². The molecule has 2 aromatic rings. The van der Waals surface area contributed by atoms with Gasteiger partial charge in [0.1, 0.15) is 5.84 Å². The van der Waals surface area contributed by atoms with Crippen LogP contribution in [0.2, 0.25) is 5.02 Å². The Morgan fingerprint density at radius 1 is 1.21 bits per heavy atom. The van der Waals surface area contributed by atoms with Gasteiger partial charge >= 0.3 is 0 Å². The van der Waals surface area contributed by atoms with Crippen molar-refractivity contribution in [1.29, 1.82) is 0 Å². The highest BCUT2D eigenvalue weighted by Crippen LogP contribution is 2.26. The third-order valence-electron chi connectivity index (χ3n) is 3.64. The number of amidine groups is 1. The molecule has 0 atom stereocenters. The van der Waals surface area contributed by atoms with E-state index >= 15 is 0 Å². The SMILES string of the molecule is COc1ccccc1OCC(=O)N1CCN=C1c1cccc(Cl)c1. The van der Waals surface area contributed by atoms with Crippen LogP contribution < -0.4 is 9.47 Å². The van der Waals surface area contributed by atoms with Gasteiger partial charge in [-0.15, -0.1) is 0 Å². The molecule has 1 amide bonds. The molecule has 1 aliphatic rings. The second-order valence-corrected chi connectivity index (χ2v) is 5.64. The van der Waals surface area contributed by atoms with Gasteiger partial charge in [0, 0.05) is 17.1 Å². The number of halogens is 1. The minimum Gasteiger partial charge on any atom is -0.493 e. The number of carbonyl (C=O) groups is 1. The molecule has 124 valence electrons. The van der Waals surface area contributed by atoms with Gasteiger partial charge in [-0.05, 0) is 24.3 Å². The molecule has 0 saturated heterocycles. The fraction of sp³-hybridized carbons (Fsp3) is 0.222. The maximum Gasteiger partial charge on any atom is 0.266 e. The van der Waals surface area contributed by atoms with Crippen LogP contribution in [0.4, 0.5) is 0 Å². The van der Waals surface area contributed by atoms with E-state index in [0.717, 1.165) is 5.56 Å². The lowest BCUT2D eigenvalue weighted by Gasteiger charge is -2.19. The summed E-state index contributed by atoms with van der Waals surface area (Å²) in [5.41, 5.74) is 0.825. The molecule has 0 radical (unpaired) electrons. The summed E-state index contributed by atoms with van der Waals surface area (Å²) in [6, 6.07) is 14.5. The van der Waals surface area contributed by atoms with Crippen molar-refractivity contribution >= 4 is 23.3 Å². The molecule has 1 aliphatic heterocycles. The first-order chi connectivity index (χ1) is 11.7.